The zero-order valence-electron chi connectivity index (χ0n) is 13.5. The van der Waals surface area contributed by atoms with Crippen LogP contribution < -0.4 is 5.32 Å². The van der Waals surface area contributed by atoms with Crippen LogP contribution in [0.5, 0.6) is 0 Å². The van der Waals surface area contributed by atoms with Crippen molar-refractivity contribution in [1.29, 1.82) is 0 Å². The van der Waals surface area contributed by atoms with Crippen LogP contribution >= 0.6 is 0 Å². The zero-order chi connectivity index (χ0) is 16.4. The predicted octanol–water partition coefficient (Wildman–Crippen LogP) is 2.77. The second kappa shape index (κ2) is 6.30. The first-order valence-corrected chi connectivity index (χ1v) is 8.35. The van der Waals surface area contributed by atoms with Crippen molar-refractivity contribution in [1.82, 2.24) is 10.2 Å². The molecule has 0 bridgehead atoms. The van der Waals surface area contributed by atoms with E-state index < -0.39 is 5.54 Å². The van der Waals surface area contributed by atoms with E-state index in [0.717, 1.165) is 25.7 Å². The van der Waals surface area contributed by atoms with Crippen LogP contribution in [0.15, 0.2) is 24.3 Å². The molecule has 1 saturated heterocycles. The Morgan fingerprint density at radius 2 is 2.04 bits per heavy atom. The molecule has 2 amide bonds. The highest BCUT2D eigenvalue weighted by atomic mass is 19.1. The van der Waals surface area contributed by atoms with Crippen LogP contribution in [-0.2, 0) is 16.1 Å². The molecule has 1 aromatic carbocycles. The maximum Gasteiger partial charge on any atom is 0.245 e. The summed E-state index contributed by atoms with van der Waals surface area (Å²) < 4.78 is 13.9. The third-order valence-corrected chi connectivity index (χ3v) is 5.19. The number of amides is 2. The number of hydrogen-bond acceptors (Lipinski definition) is 2. The average molecular weight is 318 g/mol. The van der Waals surface area contributed by atoms with Crippen LogP contribution in [0.2, 0.25) is 0 Å². The predicted molar refractivity (Wildman–Crippen MR) is 85.0 cm³/mol. The van der Waals surface area contributed by atoms with Crippen LogP contribution in [0.3, 0.4) is 0 Å². The van der Waals surface area contributed by atoms with E-state index in [0.29, 0.717) is 18.4 Å². The molecular formula is C18H23FN2O2. The quantitative estimate of drug-likeness (QED) is 0.928. The molecule has 2 aliphatic rings. The number of benzene rings is 1. The first-order chi connectivity index (χ1) is 11.0. The van der Waals surface area contributed by atoms with Crippen molar-refractivity contribution in [2.75, 3.05) is 0 Å². The Kier molecular flexibility index (Phi) is 4.37. The molecule has 124 valence electrons. The summed E-state index contributed by atoms with van der Waals surface area (Å²) in [5.74, 6) is -0.533. The first-order valence-electron chi connectivity index (χ1n) is 8.35. The molecular weight excluding hydrogens is 295 g/mol. The highest BCUT2D eigenvalue weighted by Crippen LogP contribution is 2.33. The highest BCUT2D eigenvalue weighted by Gasteiger charge is 2.47. The molecule has 1 N–H and O–H groups in total. The monoisotopic (exact) mass is 318 g/mol. The second-order valence-electron chi connectivity index (χ2n) is 6.80. The van der Waals surface area contributed by atoms with Crippen molar-refractivity contribution in [3.8, 4) is 0 Å². The second-order valence-corrected chi connectivity index (χ2v) is 6.80. The van der Waals surface area contributed by atoms with E-state index in [1.165, 1.54) is 11.0 Å². The molecule has 3 rings (SSSR count). The van der Waals surface area contributed by atoms with Crippen molar-refractivity contribution < 1.29 is 14.0 Å². The minimum Gasteiger partial charge on any atom is -0.351 e. The third-order valence-electron chi connectivity index (χ3n) is 5.19. The van der Waals surface area contributed by atoms with Gasteiger partial charge in [0, 0.05) is 24.6 Å². The summed E-state index contributed by atoms with van der Waals surface area (Å²) >= 11 is 0. The smallest absolute Gasteiger partial charge is 0.245 e. The molecule has 1 heterocycles. The molecule has 4 nitrogen and oxygen atoms in total. The first kappa shape index (κ1) is 16.0. The SMILES string of the molecule is CC1(C(=O)NC2CCCC2)CCC(=O)N1Cc1ccccc1F. The Labute approximate surface area is 136 Å². The van der Waals surface area contributed by atoms with Gasteiger partial charge < -0.3 is 10.2 Å². The maximum atomic E-state index is 13.9. The van der Waals surface area contributed by atoms with E-state index in [1.54, 1.807) is 25.1 Å². The summed E-state index contributed by atoms with van der Waals surface area (Å²) in [4.78, 5) is 26.6. The van der Waals surface area contributed by atoms with Gasteiger partial charge in [-0.05, 0) is 32.3 Å². The van der Waals surface area contributed by atoms with Crippen molar-refractivity contribution in [3.63, 3.8) is 0 Å². The Bertz CT molecular complexity index is 613. The summed E-state index contributed by atoms with van der Waals surface area (Å²) in [6.07, 6.45) is 5.10. The number of hydrogen-bond donors (Lipinski definition) is 1. The van der Waals surface area contributed by atoms with Gasteiger partial charge in [-0.3, -0.25) is 9.59 Å². The maximum absolute atomic E-state index is 13.9. The summed E-state index contributed by atoms with van der Waals surface area (Å²) in [6.45, 7) is 1.93. The van der Waals surface area contributed by atoms with Gasteiger partial charge in [0.15, 0.2) is 0 Å². The minimum absolute atomic E-state index is 0.0858. The molecule has 1 unspecified atom stereocenters. The van der Waals surface area contributed by atoms with Gasteiger partial charge in [0.2, 0.25) is 11.8 Å². The summed E-state index contributed by atoms with van der Waals surface area (Å²) in [5.41, 5.74) is -0.440. The average Bonchev–Trinajstić information content (AvgIpc) is 3.13. The highest BCUT2D eigenvalue weighted by molar-refractivity contribution is 5.94. The van der Waals surface area contributed by atoms with Crippen LogP contribution in [0.25, 0.3) is 0 Å². The lowest BCUT2D eigenvalue weighted by Gasteiger charge is -2.35. The molecule has 5 heteroatoms. The summed E-state index contributed by atoms with van der Waals surface area (Å²) in [5, 5.41) is 3.09. The zero-order valence-corrected chi connectivity index (χ0v) is 13.5. The fraction of sp³-hybridized carbons (Fsp3) is 0.556. The van der Waals surface area contributed by atoms with E-state index in [2.05, 4.69) is 5.32 Å². The Hall–Kier alpha value is -1.91. The Morgan fingerprint density at radius 1 is 1.35 bits per heavy atom. The van der Waals surface area contributed by atoms with E-state index in [9.17, 15) is 14.0 Å². The number of likely N-dealkylation sites (tertiary alicyclic amines) is 1. The standard InChI is InChI=1S/C18H23FN2O2/c1-18(17(23)20-14-7-3-4-8-14)11-10-16(22)21(18)12-13-6-2-5-9-15(13)19/h2,5-6,9,14H,3-4,7-8,10-12H2,1H3,(H,20,23). The van der Waals surface area contributed by atoms with Gasteiger partial charge >= 0.3 is 0 Å². The van der Waals surface area contributed by atoms with Gasteiger partial charge in [-0.25, -0.2) is 4.39 Å². The van der Waals surface area contributed by atoms with Gasteiger partial charge in [-0.15, -0.1) is 0 Å². The van der Waals surface area contributed by atoms with E-state index in [4.69, 9.17) is 0 Å². The van der Waals surface area contributed by atoms with Crippen molar-refractivity contribution in [2.24, 2.45) is 0 Å². The van der Waals surface area contributed by atoms with Crippen LogP contribution in [0, 0.1) is 5.82 Å². The van der Waals surface area contributed by atoms with Gasteiger partial charge in [-0.2, -0.15) is 0 Å². The van der Waals surface area contributed by atoms with Crippen LogP contribution in [0.1, 0.15) is 51.0 Å². The number of nitrogens with one attached hydrogen (secondary N) is 1. The Morgan fingerprint density at radius 3 is 2.74 bits per heavy atom. The molecule has 0 radical (unpaired) electrons. The van der Waals surface area contributed by atoms with Gasteiger partial charge in [0.1, 0.15) is 11.4 Å². The number of nitrogens with zero attached hydrogens (tertiary/aromatic N) is 1. The lowest BCUT2D eigenvalue weighted by molar-refractivity contribution is -0.141. The van der Waals surface area contributed by atoms with Gasteiger partial charge in [0.25, 0.3) is 0 Å². The fourth-order valence-corrected chi connectivity index (χ4v) is 3.60. The van der Waals surface area contributed by atoms with Gasteiger partial charge in [-0.1, -0.05) is 31.0 Å². The normalized spacial score (nSPS) is 25.1. The topological polar surface area (TPSA) is 49.4 Å². The number of carbonyl (C=O) groups excluding carboxylic acids is 2. The molecule has 1 aliphatic heterocycles. The van der Waals surface area contributed by atoms with Crippen LogP contribution in [0.4, 0.5) is 4.39 Å². The molecule has 1 saturated carbocycles. The van der Waals surface area contributed by atoms with Crippen molar-refractivity contribution >= 4 is 11.8 Å². The lowest BCUT2D eigenvalue weighted by Crippen LogP contribution is -2.55. The van der Waals surface area contributed by atoms with Gasteiger partial charge in [0.05, 0.1) is 0 Å². The largest absolute Gasteiger partial charge is 0.351 e. The number of halogens is 1. The summed E-state index contributed by atoms with van der Waals surface area (Å²) in [6, 6.07) is 6.62. The minimum atomic E-state index is -0.887. The van der Waals surface area contributed by atoms with E-state index >= 15 is 0 Å². The molecule has 2 fully saturated rings. The molecule has 0 spiro atoms. The fourth-order valence-electron chi connectivity index (χ4n) is 3.60. The van der Waals surface area contributed by atoms with Crippen molar-refractivity contribution in [3.05, 3.63) is 35.6 Å². The third kappa shape index (κ3) is 3.09. The number of rotatable bonds is 4. The van der Waals surface area contributed by atoms with E-state index in [-0.39, 0.29) is 30.2 Å². The van der Waals surface area contributed by atoms with Crippen molar-refractivity contribution in [2.45, 2.75) is 63.6 Å². The van der Waals surface area contributed by atoms with E-state index in [1.807, 2.05) is 0 Å². The lowest BCUT2D eigenvalue weighted by atomic mass is 9.96. The number of carbonyl (C=O) groups is 2. The summed E-state index contributed by atoms with van der Waals surface area (Å²) in [7, 11) is 0. The molecule has 1 atom stereocenters. The molecule has 1 aromatic rings. The molecule has 23 heavy (non-hydrogen) atoms. The molecule has 0 aromatic heterocycles. The van der Waals surface area contributed by atoms with Crippen LogP contribution in [-0.4, -0.2) is 28.3 Å². The Balaban J connectivity index is 1.77. The molecule has 1 aliphatic carbocycles.